The van der Waals surface area contributed by atoms with Crippen molar-refractivity contribution in [2.75, 3.05) is 6.61 Å². The van der Waals surface area contributed by atoms with Gasteiger partial charge < -0.3 is 9.84 Å². The zero-order valence-corrected chi connectivity index (χ0v) is 7.20. The summed E-state index contributed by atoms with van der Waals surface area (Å²) in [5.74, 6) is -1.42. The molecular formula is C8H10N2O3. The molecule has 0 aromatic carbocycles. The lowest BCUT2D eigenvalue weighted by Crippen LogP contribution is -2.23. The number of rotatable bonds is 1. The van der Waals surface area contributed by atoms with Crippen molar-refractivity contribution >= 4 is 5.97 Å². The minimum absolute atomic E-state index is 0.239. The molecule has 1 aromatic heterocycles. The van der Waals surface area contributed by atoms with E-state index in [9.17, 15) is 4.79 Å². The molecule has 0 saturated heterocycles. The number of aryl methyl sites for hydroxylation is 1. The number of ether oxygens (including phenoxy) is 1. The Morgan fingerprint density at radius 2 is 2.54 bits per heavy atom. The van der Waals surface area contributed by atoms with Gasteiger partial charge in [-0.15, -0.1) is 0 Å². The van der Waals surface area contributed by atoms with Crippen LogP contribution in [-0.2, 0) is 16.1 Å². The number of carboxylic acid groups (broad SMARTS) is 1. The molecule has 0 aliphatic carbocycles. The predicted octanol–water partition coefficient (Wildman–Crippen LogP) is 0.417. The second kappa shape index (κ2) is 2.85. The molecule has 2 heterocycles. The highest BCUT2D eigenvalue weighted by Crippen LogP contribution is 2.27. The summed E-state index contributed by atoms with van der Waals surface area (Å²) in [5.41, 5.74) is 2.33. The standard InChI is InChI=1S/C8H10N2O3/c1-4-7-5(8(11)12)2-13-3-6(7)10-9-4/h5H,2-3H2,1H3,(H,9,10)(H,11,12). The second-order valence-corrected chi connectivity index (χ2v) is 3.11. The van der Waals surface area contributed by atoms with Crippen LogP contribution >= 0.6 is 0 Å². The fourth-order valence-electron chi connectivity index (χ4n) is 1.61. The van der Waals surface area contributed by atoms with E-state index in [0.29, 0.717) is 6.61 Å². The molecule has 2 N–H and O–H groups in total. The minimum Gasteiger partial charge on any atom is -0.481 e. The van der Waals surface area contributed by atoms with Crippen molar-refractivity contribution in [1.82, 2.24) is 10.2 Å². The van der Waals surface area contributed by atoms with Crippen LogP contribution in [-0.4, -0.2) is 27.9 Å². The summed E-state index contributed by atoms with van der Waals surface area (Å²) in [5, 5.41) is 15.7. The molecule has 0 bridgehead atoms. The fourth-order valence-corrected chi connectivity index (χ4v) is 1.61. The molecule has 1 aliphatic rings. The molecule has 1 atom stereocenters. The Kier molecular flexibility index (Phi) is 1.81. The lowest BCUT2D eigenvalue weighted by Gasteiger charge is -2.18. The van der Waals surface area contributed by atoms with E-state index in [2.05, 4.69) is 10.2 Å². The van der Waals surface area contributed by atoms with E-state index in [-0.39, 0.29) is 6.61 Å². The average molecular weight is 182 g/mol. The highest BCUT2D eigenvalue weighted by Gasteiger charge is 2.30. The Balaban J connectivity index is 2.46. The van der Waals surface area contributed by atoms with Crippen LogP contribution in [0.5, 0.6) is 0 Å². The summed E-state index contributed by atoms with van der Waals surface area (Å²) in [6.07, 6.45) is 0. The number of fused-ring (bicyclic) bond motifs is 1. The lowest BCUT2D eigenvalue weighted by atomic mass is 9.96. The van der Waals surface area contributed by atoms with Gasteiger partial charge in [0.05, 0.1) is 18.9 Å². The first-order valence-corrected chi connectivity index (χ1v) is 4.04. The van der Waals surface area contributed by atoms with Gasteiger partial charge >= 0.3 is 5.97 Å². The molecule has 1 aromatic rings. The van der Waals surface area contributed by atoms with Crippen molar-refractivity contribution in [2.45, 2.75) is 19.4 Å². The number of hydrogen-bond donors (Lipinski definition) is 2. The summed E-state index contributed by atoms with van der Waals surface area (Å²) in [6, 6.07) is 0. The summed E-state index contributed by atoms with van der Waals surface area (Å²) < 4.78 is 5.12. The second-order valence-electron chi connectivity index (χ2n) is 3.11. The van der Waals surface area contributed by atoms with Crippen LogP contribution in [0.3, 0.4) is 0 Å². The van der Waals surface area contributed by atoms with Gasteiger partial charge in [-0.1, -0.05) is 0 Å². The van der Waals surface area contributed by atoms with Gasteiger partial charge in [-0.25, -0.2) is 0 Å². The molecule has 0 radical (unpaired) electrons. The zero-order valence-electron chi connectivity index (χ0n) is 7.20. The lowest BCUT2D eigenvalue weighted by molar-refractivity contribution is -0.141. The molecule has 0 fully saturated rings. The third kappa shape index (κ3) is 1.21. The smallest absolute Gasteiger partial charge is 0.313 e. The summed E-state index contributed by atoms with van der Waals surface area (Å²) >= 11 is 0. The van der Waals surface area contributed by atoms with Crippen LogP contribution < -0.4 is 0 Å². The van der Waals surface area contributed by atoms with Gasteiger partial charge in [-0.3, -0.25) is 9.89 Å². The van der Waals surface area contributed by atoms with Gasteiger partial charge in [0.2, 0.25) is 0 Å². The largest absolute Gasteiger partial charge is 0.481 e. The summed E-state index contributed by atoms with van der Waals surface area (Å²) in [7, 11) is 0. The number of H-pyrrole nitrogens is 1. The molecule has 13 heavy (non-hydrogen) atoms. The van der Waals surface area contributed by atoms with E-state index in [1.807, 2.05) is 6.92 Å². The number of aromatic amines is 1. The topological polar surface area (TPSA) is 75.2 Å². The van der Waals surface area contributed by atoms with Gasteiger partial charge in [0, 0.05) is 11.3 Å². The first-order valence-electron chi connectivity index (χ1n) is 4.04. The van der Waals surface area contributed by atoms with Gasteiger partial charge in [0.15, 0.2) is 0 Å². The molecule has 5 heteroatoms. The van der Waals surface area contributed by atoms with Crippen molar-refractivity contribution in [3.8, 4) is 0 Å². The quantitative estimate of drug-likeness (QED) is 0.659. The summed E-state index contributed by atoms with van der Waals surface area (Å²) in [4.78, 5) is 10.8. The van der Waals surface area contributed by atoms with E-state index >= 15 is 0 Å². The summed E-state index contributed by atoms with van der Waals surface area (Å²) in [6.45, 7) is 2.47. The van der Waals surface area contributed by atoms with Crippen LogP contribution in [0.25, 0.3) is 0 Å². The first-order chi connectivity index (χ1) is 6.20. The SMILES string of the molecule is Cc1[nH]nc2c1C(C(=O)O)COC2. The highest BCUT2D eigenvalue weighted by molar-refractivity contribution is 5.77. The van der Waals surface area contributed by atoms with Crippen LogP contribution in [0.4, 0.5) is 0 Å². The Morgan fingerprint density at radius 1 is 1.77 bits per heavy atom. The normalized spacial score (nSPS) is 21.2. The van der Waals surface area contributed by atoms with Gasteiger partial charge in [0.25, 0.3) is 0 Å². The average Bonchev–Trinajstić information content (AvgIpc) is 2.48. The fraction of sp³-hybridized carbons (Fsp3) is 0.500. The number of nitrogens with zero attached hydrogens (tertiary/aromatic N) is 1. The monoisotopic (exact) mass is 182 g/mol. The van der Waals surface area contributed by atoms with Crippen molar-refractivity contribution in [1.29, 1.82) is 0 Å². The van der Waals surface area contributed by atoms with Crippen molar-refractivity contribution in [2.24, 2.45) is 0 Å². The number of carbonyl (C=O) groups is 1. The van der Waals surface area contributed by atoms with Crippen LogP contribution in [0.1, 0.15) is 22.9 Å². The molecule has 5 nitrogen and oxygen atoms in total. The first kappa shape index (κ1) is 8.25. The van der Waals surface area contributed by atoms with Crippen LogP contribution in [0, 0.1) is 6.92 Å². The predicted molar refractivity (Wildman–Crippen MR) is 43.4 cm³/mol. The Labute approximate surface area is 74.7 Å². The third-order valence-corrected chi connectivity index (χ3v) is 2.24. The van der Waals surface area contributed by atoms with Crippen LogP contribution in [0.15, 0.2) is 0 Å². The molecule has 1 unspecified atom stereocenters. The maximum absolute atomic E-state index is 10.8. The third-order valence-electron chi connectivity index (χ3n) is 2.24. The van der Waals surface area contributed by atoms with Crippen molar-refractivity contribution < 1.29 is 14.6 Å². The molecule has 0 saturated carbocycles. The van der Waals surface area contributed by atoms with Crippen molar-refractivity contribution in [3.63, 3.8) is 0 Å². The number of carboxylic acids is 1. The van der Waals surface area contributed by atoms with Gasteiger partial charge in [-0.2, -0.15) is 5.10 Å². The number of aromatic nitrogens is 2. The Morgan fingerprint density at radius 3 is 3.23 bits per heavy atom. The minimum atomic E-state index is -0.856. The number of hydrogen-bond acceptors (Lipinski definition) is 3. The van der Waals surface area contributed by atoms with Gasteiger partial charge in [0.1, 0.15) is 5.92 Å². The Hall–Kier alpha value is -1.36. The molecule has 0 amide bonds. The molecule has 0 spiro atoms. The van der Waals surface area contributed by atoms with E-state index < -0.39 is 11.9 Å². The van der Waals surface area contributed by atoms with E-state index in [1.54, 1.807) is 0 Å². The molecule has 1 aliphatic heterocycles. The molecular weight excluding hydrogens is 172 g/mol. The molecule has 2 rings (SSSR count). The number of nitrogens with one attached hydrogen (secondary N) is 1. The molecule has 70 valence electrons. The van der Waals surface area contributed by atoms with E-state index in [4.69, 9.17) is 9.84 Å². The zero-order chi connectivity index (χ0) is 9.42. The van der Waals surface area contributed by atoms with Crippen molar-refractivity contribution in [3.05, 3.63) is 17.0 Å². The Bertz CT molecular complexity index is 345. The number of aliphatic carboxylic acids is 1. The van der Waals surface area contributed by atoms with Gasteiger partial charge in [-0.05, 0) is 6.92 Å². The van der Waals surface area contributed by atoms with E-state index in [1.165, 1.54) is 0 Å². The van der Waals surface area contributed by atoms with E-state index in [0.717, 1.165) is 17.0 Å². The maximum atomic E-state index is 10.8. The maximum Gasteiger partial charge on any atom is 0.313 e. The van der Waals surface area contributed by atoms with Crippen LogP contribution in [0.2, 0.25) is 0 Å². The highest BCUT2D eigenvalue weighted by atomic mass is 16.5.